The lowest BCUT2D eigenvalue weighted by atomic mass is 10.1. The average molecular weight is 297 g/mol. The number of carbonyl (C=O) groups is 1. The minimum absolute atomic E-state index is 0.122. The standard InChI is InChI=1S/C15H15N5O2/c16-11(15(21)22)6-12-13-14(18-8-17-12)20(9-19-13)7-10-4-2-1-3-5-10/h1-5,8-9,11H,6-7,16H2,(H,21,22)/t11-/m0/s1. The molecule has 112 valence electrons. The maximum absolute atomic E-state index is 10.9. The first-order valence-corrected chi connectivity index (χ1v) is 6.82. The van der Waals surface area contributed by atoms with Gasteiger partial charge in [0.1, 0.15) is 17.9 Å². The summed E-state index contributed by atoms with van der Waals surface area (Å²) in [5.74, 6) is -1.06. The van der Waals surface area contributed by atoms with Crippen LogP contribution in [0, 0.1) is 0 Å². The number of hydrogen-bond donors (Lipinski definition) is 2. The molecular weight excluding hydrogens is 282 g/mol. The van der Waals surface area contributed by atoms with Crippen molar-refractivity contribution < 1.29 is 9.90 Å². The van der Waals surface area contributed by atoms with Crippen molar-refractivity contribution in [3.8, 4) is 0 Å². The number of aliphatic carboxylic acids is 1. The Hall–Kier alpha value is -2.80. The van der Waals surface area contributed by atoms with Crippen LogP contribution in [-0.2, 0) is 17.8 Å². The molecule has 7 nitrogen and oxygen atoms in total. The van der Waals surface area contributed by atoms with Crippen LogP contribution in [-0.4, -0.2) is 36.6 Å². The quantitative estimate of drug-likeness (QED) is 0.722. The van der Waals surface area contributed by atoms with Crippen molar-refractivity contribution in [3.63, 3.8) is 0 Å². The summed E-state index contributed by atoms with van der Waals surface area (Å²) in [6.07, 6.45) is 3.22. The highest BCUT2D eigenvalue weighted by molar-refractivity contribution is 5.77. The molecule has 0 saturated heterocycles. The van der Waals surface area contributed by atoms with Crippen LogP contribution in [0.25, 0.3) is 11.2 Å². The van der Waals surface area contributed by atoms with E-state index in [1.54, 1.807) is 6.33 Å². The highest BCUT2D eigenvalue weighted by atomic mass is 16.4. The van der Waals surface area contributed by atoms with Crippen molar-refractivity contribution in [1.29, 1.82) is 0 Å². The predicted molar refractivity (Wildman–Crippen MR) is 80.2 cm³/mol. The highest BCUT2D eigenvalue weighted by Gasteiger charge is 2.17. The van der Waals surface area contributed by atoms with Crippen LogP contribution < -0.4 is 5.73 Å². The van der Waals surface area contributed by atoms with Gasteiger partial charge in [0.2, 0.25) is 0 Å². The number of carboxylic acids is 1. The Morgan fingerprint density at radius 1 is 1.23 bits per heavy atom. The first-order valence-electron chi connectivity index (χ1n) is 6.82. The lowest BCUT2D eigenvalue weighted by molar-refractivity contribution is -0.138. The lowest BCUT2D eigenvalue weighted by Crippen LogP contribution is -2.32. The van der Waals surface area contributed by atoms with Crippen molar-refractivity contribution in [2.75, 3.05) is 0 Å². The molecule has 3 rings (SSSR count). The van der Waals surface area contributed by atoms with E-state index in [1.165, 1.54) is 6.33 Å². The average Bonchev–Trinajstić information content (AvgIpc) is 2.92. The van der Waals surface area contributed by atoms with Crippen molar-refractivity contribution in [3.05, 3.63) is 54.2 Å². The van der Waals surface area contributed by atoms with Crippen LogP contribution in [0.2, 0.25) is 0 Å². The Kier molecular flexibility index (Phi) is 3.80. The van der Waals surface area contributed by atoms with Gasteiger partial charge in [-0.3, -0.25) is 4.79 Å². The molecule has 0 aliphatic carbocycles. The van der Waals surface area contributed by atoms with E-state index in [4.69, 9.17) is 10.8 Å². The van der Waals surface area contributed by atoms with E-state index >= 15 is 0 Å². The van der Waals surface area contributed by atoms with Crippen LogP contribution in [0.15, 0.2) is 43.0 Å². The topological polar surface area (TPSA) is 107 Å². The monoisotopic (exact) mass is 297 g/mol. The van der Waals surface area contributed by atoms with Gasteiger partial charge in [0, 0.05) is 6.42 Å². The third-order valence-electron chi connectivity index (χ3n) is 3.40. The summed E-state index contributed by atoms with van der Waals surface area (Å²) >= 11 is 0. The second kappa shape index (κ2) is 5.90. The molecule has 0 amide bonds. The van der Waals surface area contributed by atoms with E-state index in [9.17, 15) is 4.79 Å². The maximum Gasteiger partial charge on any atom is 0.320 e. The molecule has 0 fully saturated rings. The fraction of sp³-hybridized carbons (Fsp3) is 0.200. The van der Waals surface area contributed by atoms with Gasteiger partial charge in [-0.05, 0) is 5.56 Å². The van der Waals surface area contributed by atoms with Crippen LogP contribution in [0.3, 0.4) is 0 Å². The molecule has 1 atom stereocenters. The smallest absolute Gasteiger partial charge is 0.320 e. The molecule has 7 heteroatoms. The third kappa shape index (κ3) is 2.79. The van der Waals surface area contributed by atoms with Gasteiger partial charge in [-0.15, -0.1) is 0 Å². The summed E-state index contributed by atoms with van der Waals surface area (Å²) in [5.41, 5.74) is 8.52. The molecule has 2 heterocycles. The van der Waals surface area contributed by atoms with E-state index < -0.39 is 12.0 Å². The zero-order valence-electron chi connectivity index (χ0n) is 11.8. The summed E-state index contributed by atoms with van der Waals surface area (Å²) in [4.78, 5) is 23.6. The molecule has 0 saturated carbocycles. The molecule has 3 N–H and O–H groups in total. The summed E-state index contributed by atoms with van der Waals surface area (Å²) < 4.78 is 1.90. The maximum atomic E-state index is 10.9. The van der Waals surface area contributed by atoms with Gasteiger partial charge in [0.25, 0.3) is 0 Å². The Labute approximate surface area is 126 Å². The number of rotatable bonds is 5. The molecular formula is C15H15N5O2. The van der Waals surface area contributed by atoms with Gasteiger partial charge in [0.15, 0.2) is 5.65 Å². The number of hydrogen-bond acceptors (Lipinski definition) is 5. The normalized spacial score (nSPS) is 12.4. The van der Waals surface area contributed by atoms with Crippen LogP contribution in [0.5, 0.6) is 0 Å². The van der Waals surface area contributed by atoms with E-state index in [1.807, 2.05) is 34.9 Å². The van der Waals surface area contributed by atoms with Crippen molar-refractivity contribution in [2.45, 2.75) is 19.0 Å². The molecule has 0 radical (unpaired) electrons. The minimum Gasteiger partial charge on any atom is -0.480 e. The van der Waals surface area contributed by atoms with Crippen LogP contribution in [0.1, 0.15) is 11.3 Å². The van der Waals surface area contributed by atoms with Crippen molar-refractivity contribution >= 4 is 17.1 Å². The minimum atomic E-state index is -1.06. The summed E-state index contributed by atoms with van der Waals surface area (Å²) in [5, 5.41) is 8.92. The summed E-state index contributed by atoms with van der Waals surface area (Å²) in [6, 6.07) is 8.95. The van der Waals surface area contributed by atoms with Crippen molar-refractivity contribution in [1.82, 2.24) is 19.5 Å². The Bertz CT molecular complexity index is 800. The Morgan fingerprint density at radius 2 is 2.00 bits per heavy atom. The largest absolute Gasteiger partial charge is 0.480 e. The molecule has 0 aliphatic heterocycles. The fourth-order valence-corrected chi connectivity index (χ4v) is 2.27. The second-order valence-corrected chi connectivity index (χ2v) is 5.00. The summed E-state index contributed by atoms with van der Waals surface area (Å²) in [6.45, 7) is 0.638. The number of benzene rings is 1. The molecule has 0 aliphatic rings. The number of nitrogens with zero attached hydrogens (tertiary/aromatic N) is 4. The zero-order valence-corrected chi connectivity index (χ0v) is 11.8. The van der Waals surface area contributed by atoms with E-state index in [0.717, 1.165) is 5.56 Å². The SMILES string of the molecule is N[C@@H](Cc1ncnc2c1ncn2Cc1ccccc1)C(=O)O. The van der Waals surface area contributed by atoms with Gasteiger partial charge in [-0.25, -0.2) is 15.0 Å². The number of imidazole rings is 1. The molecule has 2 aromatic heterocycles. The van der Waals surface area contributed by atoms with Crippen LogP contribution >= 0.6 is 0 Å². The molecule has 1 aromatic carbocycles. The number of aromatic nitrogens is 4. The second-order valence-electron chi connectivity index (χ2n) is 5.00. The number of nitrogens with two attached hydrogens (primary N) is 1. The number of fused-ring (bicyclic) bond motifs is 1. The first-order chi connectivity index (χ1) is 10.6. The Balaban J connectivity index is 1.93. The fourth-order valence-electron chi connectivity index (χ4n) is 2.27. The van der Waals surface area contributed by atoms with Crippen LogP contribution in [0.4, 0.5) is 0 Å². The van der Waals surface area contributed by atoms with E-state index in [2.05, 4.69) is 15.0 Å². The predicted octanol–water partition coefficient (Wildman–Crippen LogP) is 0.829. The van der Waals surface area contributed by atoms with E-state index in [-0.39, 0.29) is 6.42 Å². The Morgan fingerprint density at radius 3 is 2.73 bits per heavy atom. The first kappa shape index (κ1) is 14.2. The van der Waals surface area contributed by atoms with Gasteiger partial charge >= 0.3 is 5.97 Å². The third-order valence-corrected chi connectivity index (χ3v) is 3.40. The summed E-state index contributed by atoms with van der Waals surface area (Å²) in [7, 11) is 0. The van der Waals surface area contributed by atoms with Gasteiger partial charge in [-0.2, -0.15) is 0 Å². The molecule has 0 spiro atoms. The molecule has 22 heavy (non-hydrogen) atoms. The molecule has 0 unspecified atom stereocenters. The van der Waals surface area contributed by atoms with Crippen molar-refractivity contribution in [2.24, 2.45) is 5.73 Å². The lowest BCUT2D eigenvalue weighted by Gasteiger charge is -2.07. The number of carboxylic acid groups (broad SMARTS) is 1. The van der Waals surface area contributed by atoms with Gasteiger partial charge in [0.05, 0.1) is 18.6 Å². The molecule has 0 bridgehead atoms. The van der Waals surface area contributed by atoms with E-state index in [0.29, 0.717) is 23.4 Å². The highest BCUT2D eigenvalue weighted by Crippen LogP contribution is 2.15. The van der Waals surface area contributed by atoms with Gasteiger partial charge < -0.3 is 15.4 Å². The zero-order chi connectivity index (χ0) is 15.5. The molecule has 3 aromatic rings. The van der Waals surface area contributed by atoms with Gasteiger partial charge in [-0.1, -0.05) is 30.3 Å².